The first-order valence-corrected chi connectivity index (χ1v) is 10.4. The van der Waals surface area contributed by atoms with Crippen LogP contribution in [0.3, 0.4) is 0 Å². The molecular formula is C18H21BO2S3. The maximum atomic E-state index is 10.2. The van der Waals surface area contributed by atoms with Gasteiger partial charge in [-0.1, -0.05) is 12.1 Å². The lowest BCUT2D eigenvalue weighted by Crippen LogP contribution is -2.49. The SMILES string of the molecule is CC(C)(O)C(C)(C)OBc1ccc(-c2ccc(-c3cccs3)s2)s1. The Hall–Kier alpha value is -0.915. The van der Waals surface area contributed by atoms with E-state index >= 15 is 0 Å². The Labute approximate surface area is 156 Å². The molecule has 0 radical (unpaired) electrons. The van der Waals surface area contributed by atoms with E-state index in [1.807, 2.05) is 25.2 Å². The second kappa shape index (κ2) is 6.77. The molecule has 0 fully saturated rings. The number of aliphatic hydroxyl groups is 1. The molecule has 24 heavy (non-hydrogen) atoms. The van der Waals surface area contributed by atoms with E-state index in [4.69, 9.17) is 4.65 Å². The van der Waals surface area contributed by atoms with Crippen molar-refractivity contribution >= 4 is 46.3 Å². The minimum atomic E-state index is -0.879. The number of rotatable bonds is 6. The Morgan fingerprint density at radius 3 is 2.12 bits per heavy atom. The van der Waals surface area contributed by atoms with Gasteiger partial charge in [0.15, 0.2) is 0 Å². The summed E-state index contributed by atoms with van der Waals surface area (Å²) in [6.07, 6.45) is 0. The molecule has 3 rings (SSSR count). The van der Waals surface area contributed by atoms with Gasteiger partial charge in [-0.05, 0) is 57.3 Å². The van der Waals surface area contributed by atoms with Crippen molar-refractivity contribution in [2.24, 2.45) is 0 Å². The molecule has 3 heterocycles. The van der Waals surface area contributed by atoms with Crippen molar-refractivity contribution in [2.45, 2.75) is 38.9 Å². The average Bonchev–Trinajstić information content (AvgIpc) is 3.23. The van der Waals surface area contributed by atoms with Crippen LogP contribution in [0.25, 0.3) is 19.5 Å². The van der Waals surface area contributed by atoms with Crippen LogP contribution >= 0.6 is 34.0 Å². The normalized spacial score (nSPS) is 12.5. The van der Waals surface area contributed by atoms with Crippen LogP contribution in [0, 0.1) is 0 Å². The van der Waals surface area contributed by atoms with Crippen LogP contribution in [0.1, 0.15) is 27.7 Å². The van der Waals surface area contributed by atoms with Crippen molar-refractivity contribution in [2.75, 3.05) is 0 Å². The first-order chi connectivity index (χ1) is 11.3. The van der Waals surface area contributed by atoms with E-state index in [1.165, 1.54) is 24.3 Å². The molecule has 0 saturated carbocycles. The van der Waals surface area contributed by atoms with Gasteiger partial charge in [-0.3, -0.25) is 0 Å². The van der Waals surface area contributed by atoms with Crippen LogP contribution in [0.2, 0.25) is 0 Å². The van der Waals surface area contributed by atoms with Gasteiger partial charge in [-0.25, -0.2) is 0 Å². The van der Waals surface area contributed by atoms with Crippen molar-refractivity contribution in [3.05, 3.63) is 41.8 Å². The van der Waals surface area contributed by atoms with Crippen LogP contribution in [0.5, 0.6) is 0 Å². The lowest BCUT2D eigenvalue weighted by atomic mass is 9.86. The molecule has 0 unspecified atom stereocenters. The number of hydrogen-bond donors (Lipinski definition) is 1. The van der Waals surface area contributed by atoms with Crippen LogP contribution in [0.15, 0.2) is 41.8 Å². The van der Waals surface area contributed by atoms with E-state index in [2.05, 4.69) is 41.8 Å². The van der Waals surface area contributed by atoms with Crippen molar-refractivity contribution in [1.82, 2.24) is 0 Å². The third-order valence-corrected chi connectivity index (χ3v) is 7.73. The largest absolute Gasteiger partial charge is 0.426 e. The van der Waals surface area contributed by atoms with Gasteiger partial charge in [0.1, 0.15) is 0 Å². The third kappa shape index (κ3) is 3.84. The fraction of sp³-hybridized carbons (Fsp3) is 0.333. The molecular weight excluding hydrogens is 355 g/mol. The smallest absolute Gasteiger partial charge is 0.319 e. The third-order valence-electron chi connectivity index (χ3n) is 4.32. The van der Waals surface area contributed by atoms with Gasteiger partial charge in [0.2, 0.25) is 0 Å². The maximum Gasteiger partial charge on any atom is 0.319 e. The Balaban J connectivity index is 1.70. The van der Waals surface area contributed by atoms with E-state index in [0.717, 1.165) is 0 Å². The molecule has 1 N–H and O–H groups in total. The quantitative estimate of drug-likeness (QED) is 0.629. The Kier molecular flexibility index (Phi) is 5.05. The zero-order valence-corrected chi connectivity index (χ0v) is 16.8. The molecule has 0 amide bonds. The molecule has 6 heteroatoms. The zero-order valence-electron chi connectivity index (χ0n) is 14.3. The van der Waals surface area contributed by atoms with Crippen LogP contribution in [-0.4, -0.2) is 23.8 Å². The summed E-state index contributed by atoms with van der Waals surface area (Å²) in [6.45, 7) is 7.41. The minimum absolute atomic E-state index is 0.519. The summed E-state index contributed by atoms with van der Waals surface area (Å²) in [7, 11) is 0.519. The second-order valence-corrected chi connectivity index (χ2v) is 9.96. The standard InChI is InChI=1S/C18H21BO2S3/c1-17(2,20)18(3,4)21-19-16-10-9-15(24-16)14-8-7-13(23-14)12-6-5-11-22-12/h5-11,19-20H,1-4H3. The van der Waals surface area contributed by atoms with Gasteiger partial charge in [0.25, 0.3) is 0 Å². The summed E-state index contributed by atoms with van der Waals surface area (Å²) >= 11 is 5.35. The van der Waals surface area contributed by atoms with Gasteiger partial charge in [-0.2, -0.15) is 0 Å². The molecule has 0 aliphatic rings. The summed E-state index contributed by atoms with van der Waals surface area (Å²) in [5.74, 6) is 0. The molecule has 2 nitrogen and oxygen atoms in total. The molecule has 0 aromatic carbocycles. The predicted octanol–water partition coefficient (Wildman–Crippen LogP) is 4.75. The van der Waals surface area contributed by atoms with Crippen LogP contribution in [0.4, 0.5) is 0 Å². The van der Waals surface area contributed by atoms with E-state index < -0.39 is 11.2 Å². The summed E-state index contributed by atoms with van der Waals surface area (Å²) in [5.41, 5.74) is -1.47. The highest BCUT2D eigenvalue weighted by Gasteiger charge is 2.35. The first-order valence-electron chi connectivity index (χ1n) is 7.85. The van der Waals surface area contributed by atoms with E-state index in [9.17, 15) is 5.11 Å². The van der Waals surface area contributed by atoms with Gasteiger partial charge in [-0.15, -0.1) is 34.0 Å². The highest BCUT2D eigenvalue weighted by molar-refractivity contribution is 7.29. The fourth-order valence-electron chi connectivity index (χ4n) is 2.04. The first kappa shape index (κ1) is 17.9. The predicted molar refractivity (Wildman–Crippen MR) is 109 cm³/mol. The molecule has 0 spiro atoms. The van der Waals surface area contributed by atoms with E-state index in [1.54, 1.807) is 36.5 Å². The highest BCUT2D eigenvalue weighted by atomic mass is 32.1. The Morgan fingerprint density at radius 2 is 1.50 bits per heavy atom. The summed E-state index contributed by atoms with van der Waals surface area (Å²) in [6, 6.07) is 12.9. The topological polar surface area (TPSA) is 29.5 Å². The van der Waals surface area contributed by atoms with E-state index in [-0.39, 0.29) is 0 Å². The zero-order chi connectivity index (χ0) is 17.4. The van der Waals surface area contributed by atoms with Crippen LogP contribution in [-0.2, 0) is 4.65 Å². The molecule has 0 saturated heterocycles. The van der Waals surface area contributed by atoms with Crippen molar-refractivity contribution in [3.63, 3.8) is 0 Å². The molecule has 0 bridgehead atoms. The molecule has 0 aliphatic carbocycles. The number of hydrogen-bond acceptors (Lipinski definition) is 5. The van der Waals surface area contributed by atoms with Crippen molar-refractivity contribution in [1.29, 1.82) is 0 Å². The number of thiophene rings is 3. The monoisotopic (exact) mass is 376 g/mol. The molecule has 3 aromatic rings. The summed E-state index contributed by atoms with van der Waals surface area (Å²) in [4.78, 5) is 5.19. The summed E-state index contributed by atoms with van der Waals surface area (Å²) < 4.78 is 7.13. The van der Waals surface area contributed by atoms with Crippen LogP contribution < -0.4 is 4.78 Å². The fourth-order valence-corrected chi connectivity index (χ4v) is 4.89. The minimum Gasteiger partial charge on any atom is -0.426 e. The van der Waals surface area contributed by atoms with Crippen molar-refractivity contribution in [3.8, 4) is 19.5 Å². The van der Waals surface area contributed by atoms with Crippen molar-refractivity contribution < 1.29 is 9.76 Å². The lowest BCUT2D eigenvalue weighted by Gasteiger charge is -2.37. The second-order valence-electron chi connectivity index (χ2n) is 6.77. The van der Waals surface area contributed by atoms with Gasteiger partial charge >= 0.3 is 7.48 Å². The van der Waals surface area contributed by atoms with E-state index in [0.29, 0.717) is 7.48 Å². The molecule has 126 valence electrons. The highest BCUT2D eigenvalue weighted by Crippen LogP contribution is 2.37. The van der Waals surface area contributed by atoms with Gasteiger partial charge in [0, 0.05) is 24.3 Å². The Bertz CT molecular complexity index is 794. The molecule has 3 aromatic heterocycles. The molecule has 0 aliphatic heterocycles. The van der Waals surface area contributed by atoms with Gasteiger partial charge in [0.05, 0.1) is 11.2 Å². The lowest BCUT2D eigenvalue weighted by molar-refractivity contribution is -0.0892. The van der Waals surface area contributed by atoms with Gasteiger partial charge < -0.3 is 9.76 Å². The summed E-state index contributed by atoms with van der Waals surface area (Å²) in [5, 5.41) is 12.3. The Morgan fingerprint density at radius 1 is 0.875 bits per heavy atom. The average molecular weight is 376 g/mol. The maximum absolute atomic E-state index is 10.2. The molecule has 0 atom stereocenters.